The van der Waals surface area contributed by atoms with Gasteiger partial charge in [0.05, 0.1) is 13.3 Å². The van der Waals surface area contributed by atoms with Crippen LogP contribution >= 0.6 is 0 Å². The summed E-state index contributed by atoms with van der Waals surface area (Å²) in [5.41, 5.74) is 3.23. The minimum Gasteiger partial charge on any atom is -0.494 e. The maximum Gasteiger partial charge on any atom is 0.249 e. The van der Waals surface area contributed by atoms with Gasteiger partial charge in [0.25, 0.3) is 0 Å². The van der Waals surface area contributed by atoms with Crippen LogP contribution in [0.1, 0.15) is 6.42 Å². The normalized spacial score (nSPS) is 15.8. The van der Waals surface area contributed by atoms with Gasteiger partial charge in [-0.2, -0.15) is 5.10 Å². The van der Waals surface area contributed by atoms with E-state index in [1.54, 1.807) is 23.2 Å². The quantitative estimate of drug-likeness (QED) is 0.517. The zero-order chi connectivity index (χ0) is 23.4. The topological polar surface area (TPSA) is 82.7 Å². The number of H-pyrrole nitrogens is 1. The number of nitrogens with zero attached hydrogens (tertiary/aromatic N) is 3. The molecule has 0 aliphatic carbocycles. The third-order valence-corrected chi connectivity index (χ3v) is 5.58. The molecular formula is C24H28FN5O3. The number of nitrogens with one attached hydrogen (secondary N) is 2. The molecule has 1 unspecified atom stereocenters. The van der Waals surface area contributed by atoms with E-state index >= 15 is 0 Å². The number of ether oxygens (including phenoxy) is 2. The molecule has 0 bridgehead atoms. The van der Waals surface area contributed by atoms with Crippen LogP contribution in [0.2, 0.25) is 0 Å². The zero-order valence-electron chi connectivity index (χ0n) is 19.0. The molecule has 1 atom stereocenters. The van der Waals surface area contributed by atoms with Crippen molar-refractivity contribution in [1.82, 2.24) is 15.1 Å². The molecule has 2 heterocycles. The van der Waals surface area contributed by atoms with Gasteiger partial charge in [0.1, 0.15) is 18.4 Å². The Kier molecular flexibility index (Phi) is 6.79. The summed E-state index contributed by atoms with van der Waals surface area (Å²) in [6.45, 7) is 1.85. The highest BCUT2D eigenvalue weighted by Crippen LogP contribution is 2.35. The summed E-state index contributed by atoms with van der Waals surface area (Å²) in [5.74, 6) is 0.343. The van der Waals surface area contributed by atoms with Crippen molar-refractivity contribution in [3.8, 4) is 22.6 Å². The SMILES string of the molecule is COc1cc(NC2CCN(c3ccc(-c4cn[nH]c4)c(OCCN(C)C)c3)C2=O)ccc1F. The standard InChI is InChI=1S/C24H28FN5O3/c1-29(2)10-11-33-22-13-18(5-6-19(22)16-14-26-27-15-16)30-9-8-21(24(30)31)28-17-4-7-20(25)23(12-17)32-3/h4-7,12-15,21,28H,8-11H2,1-3H3,(H,26,27). The van der Waals surface area contributed by atoms with Gasteiger partial charge in [-0.3, -0.25) is 9.89 Å². The van der Waals surface area contributed by atoms with Crippen molar-refractivity contribution in [1.29, 1.82) is 0 Å². The van der Waals surface area contributed by atoms with Gasteiger partial charge in [-0.25, -0.2) is 4.39 Å². The molecule has 1 amide bonds. The van der Waals surface area contributed by atoms with Gasteiger partial charge in [0.2, 0.25) is 5.91 Å². The number of methoxy groups -OCH3 is 1. The highest BCUT2D eigenvalue weighted by molar-refractivity contribution is 6.01. The number of carbonyl (C=O) groups is 1. The number of carbonyl (C=O) groups excluding carboxylic acids is 1. The van der Waals surface area contributed by atoms with E-state index < -0.39 is 11.9 Å². The maximum absolute atomic E-state index is 13.7. The van der Waals surface area contributed by atoms with Crippen molar-refractivity contribution in [3.05, 3.63) is 54.6 Å². The zero-order valence-corrected chi connectivity index (χ0v) is 19.0. The number of benzene rings is 2. The van der Waals surface area contributed by atoms with Gasteiger partial charge in [-0.1, -0.05) is 0 Å². The monoisotopic (exact) mass is 453 g/mol. The average Bonchev–Trinajstić information content (AvgIpc) is 3.45. The summed E-state index contributed by atoms with van der Waals surface area (Å²) in [7, 11) is 5.39. The minimum absolute atomic E-state index is 0.0476. The van der Waals surface area contributed by atoms with Gasteiger partial charge in [0, 0.05) is 53.9 Å². The Morgan fingerprint density at radius 2 is 2.09 bits per heavy atom. The van der Waals surface area contributed by atoms with Gasteiger partial charge in [0.15, 0.2) is 11.6 Å². The fourth-order valence-corrected chi connectivity index (χ4v) is 3.79. The fraction of sp³-hybridized carbons (Fsp3) is 0.333. The molecule has 33 heavy (non-hydrogen) atoms. The Hall–Kier alpha value is -3.59. The van der Waals surface area contributed by atoms with E-state index in [9.17, 15) is 9.18 Å². The Morgan fingerprint density at radius 3 is 2.82 bits per heavy atom. The van der Waals surface area contributed by atoms with Crippen LogP contribution in [-0.2, 0) is 4.79 Å². The summed E-state index contributed by atoms with van der Waals surface area (Å²) in [6.07, 6.45) is 4.18. The van der Waals surface area contributed by atoms with E-state index in [1.807, 2.05) is 43.4 Å². The summed E-state index contributed by atoms with van der Waals surface area (Å²) in [6, 6.07) is 9.84. The summed E-state index contributed by atoms with van der Waals surface area (Å²) < 4.78 is 24.8. The Labute approximate surface area is 192 Å². The molecule has 3 aromatic rings. The third-order valence-electron chi connectivity index (χ3n) is 5.58. The lowest BCUT2D eigenvalue weighted by Crippen LogP contribution is -2.33. The number of likely N-dealkylation sites (N-methyl/N-ethyl adjacent to an activating group) is 1. The van der Waals surface area contributed by atoms with Gasteiger partial charge >= 0.3 is 0 Å². The van der Waals surface area contributed by atoms with Crippen LogP contribution in [0.5, 0.6) is 11.5 Å². The molecule has 0 spiro atoms. The van der Waals surface area contributed by atoms with E-state index in [0.717, 1.165) is 23.4 Å². The Bertz CT molecular complexity index is 1100. The van der Waals surface area contributed by atoms with E-state index in [4.69, 9.17) is 9.47 Å². The smallest absolute Gasteiger partial charge is 0.249 e. The van der Waals surface area contributed by atoms with Crippen molar-refractivity contribution in [2.75, 3.05) is 51.1 Å². The fourth-order valence-electron chi connectivity index (χ4n) is 3.79. The highest BCUT2D eigenvalue weighted by Gasteiger charge is 2.33. The minimum atomic E-state index is -0.443. The number of rotatable bonds is 9. The van der Waals surface area contributed by atoms with Crippen LogP contribution in [0.4, 0.5) is 15.8 Å². The van der Waals surface area contributed by atoms with Crippen molar-refractivity contribution < 1.29 is 18.7 Å². The molecule has 174 valence electrons. The van der Waals surface area contributed by atoms with E-state index in [1.165, 1.54) is 13.2 Å². The third kappa shape index (κ3) is 5.09. The van der Waals surface area contributed by atoms with Crippen molar-refractivity contribution in [2.24, 2.45) is 0 Å². The lowest BCUT2D eigenvalue weighted by atomic mass is 10.1. The van der Waals surface area contributed by atoms with Gasteiger partial charge < -0.3 is 24.6 Å². The first-order chi connectivity index (χ1) is 16.0. The number of hydrogen-bond acceptors (Lipinski definition) is 6. The van der Waals surface area contributed by atoms with E-state index in [0.29, 0.717) is 31.0 Å². The Morgan fingerprint density at radius 1 is 1.24 bits per heavy atom. The summed E-state index contributed by atoms with van der Waals surface area (Å²) in [5, 5.41) is 10.1. The maximum atomic E-state index is 13.7. The van der Waals surface area contributed by atoms with Crippen LogP contribution in [0.3, 0.4) is 0 Å². The van der Waals surface area contributed by atoms with E-state index in [2.05, 4.69) is 15.5 Å². The number of anilines is 2. The molecule has 2 aromatic carbocycles. The second-order valence-electron chi connectivity index (χ2n) is 8.14. The van der Waals surface area contributed by atoms with Crippen LogP contribution in [-0.4, -0.2) is 67.9 Å². The second-order valence-corrected chi connectivity index (χ2v) is 8.14. The number of aromatic nitrogens is 2. The first-order valence-corrected chi connectivity index (χ1v) is 10.8. The average molecular weight is 454 g/mol. The molecule has 1 aliphatic rings. The largest absolute Gasteiger partial charge is 0.494 e. The summed E-state index contributed by atoms with van der Waals surface area (Å²) in [4.78, 5) is 16.9. The molecule has 0 radical (unpaired) electrons. The molecule has 1 aromatic heterocycles. The molecule has 0 saturated carbocycles. The number of aromatic amines is 1. The molecular weight excluding hydrogens is 425 g/mol. The molecule has 4 rings (SSSR count). The molecule has 1 saturated heterocycles. The lowest BCUT2D eigenvalue weighted by molar-refractivity contribution is -0.117. The van der Waals surface area contributed by atoms with Crippen LogP contribution in [0, 0.1) is 5.82 Å². The van der Waals surface area contributed by atoms with Crippen LogP contribution in [0.15, 0.2) is 48.8 Å². The van der Waals surface area contributed by atoms with Gasteiger partial charge in [-0.05, 0) is 44.8 Å². The van der Waals surface area contributed by atoms with Crippen molar-refractivity contribution >= 4 is 17.3 Å². The van der Waals surface area contributed by atoms with E-state index in [-0.39, 0.29) is 11.7 Å². The van der Waals surface area contributed by atoms with Crippen LogP contribution in [0.25, 0.3) is 11.1 Å². The number of hydrogen-bond donors (Lipinski definition) is 2. The number of halogens is 1. The second kappa shape index (κ2) is 9.91. The molecule has 1 aliphatic heterocycles. The van der Waals surface area contributed by atoms with Crippen molar-refractivity contribution in [3.63, 3.8) is 0 Å². The Balaban J connectivity index is 1.53. The molecule has 8 nitrogen and oxygen atoms in total. The van der Waals surface area contributed by atoms with Crippen molar-refractivity contribution in [2.45, 2.75) is 12.5 Å². The summed E-state index contributed by atoms with van der Waals surface area (Å²) >= 11 is 0. The molecule has 9 heteroatoms. The first-order valence-electron chi connectivity index (χ1n) is 10.8. The molecule has 1 fully saturated rings. The lowest BCUT2D eigenvalue weighted by Gasteiger charge is -2.20. The predicted molar refractivity (Wildman–Crippen MR) is 125 cm³/mol. The number of amides is 1. The van der Waals surface area contributed by atoms with Gasteiger partial charge in [-0.15, -0.1) is 0 Å². The predicted octanol–water partition coefficient (Wildman–Crippen LogP) is 3.38. The highest BCUT2D eigenvalue weighted by atomic mass is 19.1. The van der Waals surface area contributed by atoms with Crippen LogP contribution < -0.4 is 19.7 Å². The first kappa shape index (κ1) is 22.6. The molecule has 2 N–H and O–H groups in total.